The molecule has 0 spiro atoms. The minimum absolute atomic E-state index is 0.0869. The fourth-order valence-corrected chi connectivity index (χ4v) is 4.30. The quantitative estimate of drug-likeness (QED) is 0.513. The minimum atomic E-state index is -0.205. The summed E-state index contributed by atoms with van der Waals surface area (Å²) in [5, 5.41) is 2.38. The molecule has 0 aromatic heterocycles. The Kier molecular flexibility index (Phi) is 5.61. The van der Waals surface area contributed by atoms with Crippen LogP contribution in [0.25, 0.3) is 10.8 Å². The maximum absolute atomic E-state index is 11.7. The van der Waals surface area contributed by atoms with Gasteiger partial charge < -0.3 is 9.47 Å². The summed E-state index contributed by atoms with van der Waals surface area (Å²) in [4.78, 5) is 11.7. The number of ether oxygens (including phenoxy) is 2. The molecule has 1 fully saturated rings. The molecule has 3 heteroatoms. The van der Waals surface area contributed by atoms with Crippen molar-refractivity contribution in [2.75, 3.05) is 0 Å². The molecule has 1 aliphatic rings. The maximum atomic E-state index is 11.7. The molecule has 4 rings (SSSR count). The van der Waals surface area contributed by atoms with Gasteiger partial charge >= 0.3 is 5.97 Å². The van der Waals surface area contributed by atoms with Crippen LogP contribution >= 0.6 is 0 Å². The molecule has 0 radical (unpaired) electrons. The van der Waals surface area contributed by atoms with Crippen molar-refractivity contribution in [1.29, 1.82) is 0 Å². The zero-order chi connectivity index (χ0) is 19.3. The van der Waals surface area contributed by atoms with Crippen LogP contribution in [0.1, 0.15) is 49.7 Å². The summed E-state index contributed by atoms with van der Waals surface area (Å²) in [6, 6.07) is 22.8. The fraction of sp³-hybridized carbons (Fsp3) is 0.320. The first-order chi connectivity index (χ1) is 13.7. The highest BCUT2D eigenvalue weighted by atomic mass is 16.5. The van der Waals surface area contributed by atoms with Crippen LogP contribution in [0.4, 0.5) is 0 Å². The van der Waals surface area contributed by atoms with Gasteiger partial charge in [-0.2, -0.15) is 0 Å². The average molecular weight is 374 g/mol. The highest BCUT2D eigenvalue weighted by Crippen LogP contribution is 2.43. The number of hydrogen-bond acceptors (Lipinski definition) is 3. The second kappa shape index (κ2) is 8.47. The minimum Gasteiger partial charge on any atom is -0.489 e. The number of carbonyl (C=O) groups excluding carboxylic acids is 1. The predicted molar refractivity (Wildman–Crippen MR) is 111 cm³/mol. The summed E-state index contributed by atoms with van der Waals surface area (Å²) in [5.74, 6) is 0.852. The van der Waals surface area contributed by atoms with E-state index in [1.807, 2.05) is 18.2 Å². The lowest BCUT2D eigenvalue weighted by atomic mass is 9.79. The Labute approximate surface area is 166 Å². The van der Waals surface area contributed by atoms with Gasteiger partial charge in [0.05, 0.1) is 0 Å². The number of rotatable bonds is 5. The lowest BCUT2D eigenvalue weighted by molar-refractivity contribution is -0.148. The summed E-state index contributed by atoms with van der Waals surface area (Å²) in [6.07, 6.45) is 4.07. The van der Waals surface area contributed by atoms with Crippen LogP contribution in [0.15, 0.2) is 66.7 Å². The Hall–Kier alpha value is -2.81. The van der Waals surface area contributed by atoms with Crippen LogP contribution in [0.5, 0.6) is 5.75 Å². The van der Waals surface area contributed by atoms with Gasteiger partial charge in [-0.25, -0.2) is 0 Å². The highest BCUT2D eigenvalue weighted by Gasteiger charge is 2.32. The van der Waals surface area contributed by atoms with Crippen LogP contribution in [0.3, 0.4) is 0 Å². The van der Waals surface area contributed by atoms with E-state index in [4.69, 9.17) is 9.47 Å². The van der Waals surface area contributed by atoms with Gasteiger partial charge in [-0.05, 0) is 41.7 Å². The van der Waals surface area contributed by atoms with E-state index >= 15 is 0 Å². The summed E-state index contributed by atoms with van der Waals surface area (Å²) in [5.41, 5.74) is 2.32. The summed E-state index contributed by atoms with van der Waals surface area (Å²) >= 11 is 0. The Balaban J connectivity index is 1.74. The molecule has 3 nitrogen and oxygen atoms in total. The number of hydrogen-bond donors (Lipinski definition) is 0. The van der Waals surface area contributed by atoms with Gasteiger partial charge in [0.2, 0.25) is 0 Å². The molecule has 3 aromatic rings. The Morgan fingerprint density at radius 2 is 1.68 bits per heavy atom. The van der Waals surface area contributed by atoms with Crippen LogP contribution in [0.2, 0.25) is 0 Å². The van der Waals surface area contributed by atoms with Gasteiger partial charge in [0.25, 0.3) is 0 Å². The van der Waals surface area contributed by atoms with Crippen LogP contribution in [-0.4, -0.2) is 12.1 Å². The number of carbonyl (C=O) groups is 1. The number of benzene rings is 3. The van der Waals surface area contributed by atoms with E-state index < -0.39 is 0 Å². The smallest absolute Gasteiger partial charge is 0.302 e. The third kappa shape index (κ3) is 4.04. The van der Waals surface area contributed by atoms with E-state index in [1.165, 1.54) is 23.3 Å². The van der Waals surface area contributed by atoms with Gasteiger partial charge in [-0.15, -0.1) is 0 Å². The SMILES string of the molecule is CC(=O)O[C@@H]1CCCC[C@@H]1c1c(OCc2ccccc2)ccc2ccccc12. The number of fused-ring (bicyclic) bond motifs is 1. The maximum Gasteiger partial charge on any atom is 0.302 e. The van der Waals surface area contributed by atoms with Gasteiger partial charge in [-0.3, -0.25) is 4.79 Å². The molecule has 3 aromatic carbocycles. The average Bonchev–Trinajstić information content (AvgIpc) is 2.73. The zero-order valence-electron chi connectivity index (χ0n) is 16.3. The van der Waals surface area contributed by atoms with Gasteiger partial charge in [-0.1, -0.05) is 67.1 Å². The first kappa shape index (κ1) is 18.5. The highest BCUT2D eigenvalue weighted by molar-refractivity contribution is 5.88. The van der Waals surface area contributed by atoms with Crippen molar-refractivity contribution < 1.29 is 14.3 Å². The van der Waals surface area contributed by atoms with E-state index in [-0.39, 0.29) is 18.0 Å². The van der Waals surface area contributed by atoms with Crippen molar-refractivity contribution >= 4 is 16.7 Å². The van der Waals surface area contributed by atoms with Crippen LogP contribution < -0.4 is 4.74 Å². The topological polar surface area (TPSA) is 35.5 Å². The molecule has 0 unspecified atom stereocenters. The van der Waals surface area contributed by atoms with Gasteiger partial charge in [0.15, 0.2) is 0 Å². The summed E-state index contributed by atoms with van der Waals surface area (Å²) in [6.45, 7) is 2.03. The standard InChI is InChI=1S/C25H26O3/c1-18(26)28-23-14-8-7-13-22(23)25-21-12-6-5-11-20(21)15-16-24(25)27-17-19-9-3-2-4-10-19/h2-6,9-12,15-16,22-23H,7-8,13-14,17H2,1H3/t22-,23+/m0/s1. The van der Waals surface area contributed by atoms with E-state index in [9.17, 15) is 4.79 Å². The molecule has 0 aliphatic heterocycles. The lowest BCUT2D eigenvalue weighted by Crippen LogP contribution is -2.28. The molecule has 0 bridgehead atoms. The van der Waals surface area contributed by atoms with Gasteiger partial charge in [0, 0.05) is 18.4 Å². The van der Waals surface area contributed by atoms with Crippen molar-refractivity contribution in [2.45, 2.75) is 51.2 Å². The van der Waals surface area contributed by atoms with Crippen molar-refractivity contribution in [2.24, 2.45) is 0 Å². The van der Waals surface area contributed by atoms with E-state index in [0.29, 0.717) is 6.61 Å². The Bertz CT molecular complexity index is 948. The summed E-state index contributed by atoms with van der Waals surface area (Å²) < 4.78 is 12.0. The van der Waals surface area contributed by atoms with E-state index in [0.717, 1.165) is 37.0 Å². The molecule has 0 heterocycles. The van der Waals surface area contributed by atoms with Crippen molar-refractivity contribution in [3.05, 3.63) is 77.9 Å². The second-order valence-electron chi connectivity index (χ2n) is 7.51. The second-order valence-corrected chi connectivity index (χ2v) is 7.51. The van der Waals surface area contributed by atoms with Crippen LogP contribution in [0, 0.1) is 0 Å². The number of esters is 1. The first-order valence-electron chi connectivity index (χ1n) is 10.1. The first-order valence-corrected chi connectivity index (χ1v) is 10.1. The molecular weight excluding hydrogens is 348 g/mol. The molecule has 144 valence electrons. The van der Waals surface area contributed by atoms with Crippen molar-refractivity contribution in [3.8, 4) is 5.75 Å². The normalized spacial score (nSPS) is 19.3. The molecule has 0 saturated heterocycles. The molecule has 2 atom stereocenters. The summed E-state index contributed by atoms with van der Waals surface area (Å²) in [7, 11) is 0. The predicted octanol–water partition coefficient (Wildman–Crippen LogP) is 6.01. The molecule has 0 amide bonds. The zero-order valence-corrected chi connectivity index (χ0v) is 16.3. The Morgan fingerprint density at radius 3 is 2.50 bits per heavy atom. The Morgan fingerprint density at radius 1 is 0.929 bits per heavy atom. The van der Waals surface area contributed by atoms with Crippen molar-refractivity contribution in [3.63, 3.8) is 0 Å². The van der Waals surface area contributed by atoms with E-state index in [2.05, 4.69) is 48.5 Å². The molecule has 1 saturated carbocycles. The molecule has 1 aliphatic carbocycles. The third-order valence-electron chi connectivity index (χ3n) is 5.56. The monoisotopic (exact) mass is 374 g/mol. The molecule has 0 N–H and O–H groups in total. The fourth-order valence-electron chi connectivity index (χ4n) is 4.30. The van der Waals surface area contributed by atoms with Crippen molar-refractivity contribution in [1.82, 2.24) is 0 Å². The molecule has 28 heavy (non-hydrogen) atoms. The van der Waals surface area contributed by atoms with Crippen LogP contribution in [-0.2, 0) is 16.1 Å². The lowest BCUT2D eigenvalue weighted by Gasteiger charge is -2.33. The molecular formula is C25H26O3. The third-order valence-corrected chi connectivity index (χ3v) is 5.56. The van der Waals surface area contributed by atoms with E-state index in [1.54, 1.807) is 0 Å². The largest absolute Gasteiger partial charge is 0.489 e. The van der Waals surface area contributed by atoms with Gasteiger partial charge in [0.1, 0.15) is 18.5 Å².